The highest BCUT2D eigenvalue weighted by atomic mass is 16.3. The molecule has 106 valence electrons. The molecule has 1 heterocycles. The smallest absolute Gasteiger partial charge is 0.267 e. The van der Waals surface area contributed by atoms with Gasteiger partial charge in [-0.15, -0.1) is 0 Å². The molecule has 0 unspecified atom stereocenters. The summed E-state index contributed by atoms with van der Waals surface area (Å²) < 4.78 is 1.95. The standard InChI is InChI=1S/C16H20N2O2/c1-12(2)18-11-3-4-15(18)16(20)17-10-9-13-5-7-14(19)8-6-13/h3-8,11-12,19H,9-10H2,1-2H3,(H,17,20). The number of nitrogens with zero attached hydrogens (tertiary/aromatic N) is 1. The van der Waals surface area contributed by atoms with E-state index in [4.69, 9.17) is 0 Å². The summed E-state index contributed by atoms with van der Waals surface area (Å²) in [5, 5.41) is 12.1. The Morgan fingerprint density at radius 1 is 1.25 bits per heavy atom. The van der Waals surface area contributed by atoms with Crippen LogP contribution in [0.5, 0.6) is 5.75 Å². The maximum Gasteiger partial charge on any atom is 0.267 e. The summed E-state index contributed by atoms with van der Waals surface area (Å²) in [7, 11) is 0. The first-order valence-electron chi connectivity index (χ1n) is 6.81. The van der Waals surface area contributed by atoms with Gasteiger partial charge in [-0.25, -0.2) is 0 Å². The lowest BCUT2D eigenvalue weighted by molar-refractivity contribution is 0.0943. The Morgan fingerprint density at radius 3 is 2.60 bits per heavy atom. The predicted octanol–water partition coefficient (Wildman–Crippen LogP) is 2.75. The Bertz CT molecular complexity index is 570. The largest absolute Gasteiger partial charge is 0.508 e. The average Bonchev–Trinajstić information content (AvgIpc) is 2.90. The Labute approximate surface area is 119 Å². The zero-order valence-electron chi connectivity index (χ0n) is 11.8. The molecule has 0 spiro atoms. The van der Waals surface area contributed by atoms with Crippen LogP contribution in [0.3, 0.4) is 0 Å². The molecule has 0 aliphatic rings. The van der Waals surface area contributed by atoms with Gasteiger partial charge in [-0.3, -0.25) is 4.79 Å². The second kappa shape index (κ2) is 6.28. The van der Waals surface area contributed by atoms with Gasteiger partial charge < -0.3 is 15.0 Å². The van der Waals surface area contributed by atoms with Crippen LogP contribution in [0.2, 0.25) is 0 Å². The molecular formula is C16H20N2O2. The zero-order chi connectivity index (χ0) is 14.5. The second-order valence-corrected chi connectivity index (χ2v) is 5.07. The number of benzene rings is 1. The number of aromatic hydroxyl groups is 1. The van der Waals surface area contributed by atoms with Gasteiger partial charge in [0.15, 0.2) is 0 Å². The van der Waals surface area contributed by atoms with Crippen molar-refractivity contribution in [3.05, 3.63) is 53.9 Å². The molecule has 1 amide bonds. The molecule has 4 nitrogen and oxygen atoms in total. The van der Waals surface area contributed by atoms with E-state index in [9.17, 15) is 9.90 Å². The summed E-state index contributed by atoms with van der Waals surface area (Å²) in [6.07, 6.45) is 2.66. The van der Waals surface area contributed by atoms with Gasteiger partial charge in [0.25, 0.3) is 5.91 Å². The maximum atomic E-state index is 12.1. The number of rotatable bonds is 5. The quantitative estimate of drug-likeness (QED) is 0.879. The van der Waals surface area contributed by atoms with Crippen molar-refractivity contribution in [3.8, 4) is 5.75 Å². The number of phenols is 1. The number of phenolic OH excluding ortho intramolecular Hbond substituents is 1. The monoisotopic (exact) mass is 272 g/mol. The van der Waals surface area contributed by atoms with E-state index in [0.29, 0.717) is 12.2 Å². The topological polar surface area (TPSA) is 54.3 Å². The molecule has 1 aromatic carbocycles. The van der Waals surface area contributed by atoms with Gasteiger partial charge in [0.1, 0.15) is 11.4 Å². The van der Waals surface area contributed by atoms with Gasteiger partial charge in [-0.1, -0.05) is 12.1 Å². The molecule has 2 N–H and O–H groups in total. The molecule has 20 heavy (non-hydrogen) atoms. The molecule has 0 saturated heterocycles. The molecule has 0 atom stereocenters. The number of carbonyl (C=O) groups excluding carboxylic acids is 1. The zero-order valence-corrected chi connectivity index (χ0v) is 11.8. The van der Waals surface area contributed by atoms with Crippen LogP contribution in [0.1, 0.15) is 35.9 Å². The lowest BCUT2D eigenvalue weighted by Gasteiger charge is -2.12. The highest BCUT2D eigenvalue weighted by Crippen LogP contribution is 2.11. The van der Waals surface area contributed by atoms with Gasteiger partial charge in [-0.2, -0.15) is 0 Å². The SMILES string of the molecule is CC(C)n1cccc1C(=O)NCCc1ccc(O)cc1. The molecule has 4 heteroatoms. The molecule has 0 radical (unpaired) electrons. The van der Waals surface area contributed by atoms with Gasteiger partial charge >= 0.3 is 0 Å². The number of hydrogen-bond acceptors (Lipinski definition) is 2. The lowest BCUT2D eigenvalue weighted by Crippen LogP contribution is -2.28. The van der Waals surface area contributed by atoms with Crippen molar-refractivity contribution >= 4 is 5.91 Å². The first kappa shape index (κ1) is 14.2. The van der Waals surface area contributed by atoms with E-state index in [1.807, 2.05) is 48.9 Å². The van der Waals surface area contributed by atoms with Crippen molar-refractivity contribution in [1.82, 2.24) is 9.88 Å². The third-order valence-corrected chi connectivity index (χ3v) is 3.20. The fourth-order valence-corrected chi connectivity index (χ4v) is 2.11. The number of nitrogens with one attached hydrogen (secondary N) is 1. The van der Waals surface area contributed by atoms with Crippen LogP contribution in [0.15, 0.2) is 42.6 Å². The summed E-state index contributed by atoms with van der Waals surface area (Å²) >= 11 is 0. The molecule has 0 aliphatic heterocycles. The Hall–Kier alpha value is -2.23. The fourth-order valence-electron chi connectivity index (χ4n) is 2.11. The Kier molecular flexibility index (Phi) is 4.45. The Morgan fingerprint density at radius 2 is 1.95 bits per heavy atom. The van der Waals surface area contributed by atoms with Gasteiger partial charge in [-0.05, 0) is 50.1 Å². The van der Waals surface area contributed by atoms with E-state index in [-0.39, 0.29) is 17.7 Å². The van der Waals surface area contributed by atoms with Gasteiger partial charge in [0.05, 0.1) is 0 Å². The van der Waals surface area contributed by atoms with Crippen LogP contribution in [-0.4, -0.2) is 22.1 Å². The van der Waals surface area contributed by atoms with E-state index in [1.54, 1.807) is 12.1 Å². The van der Waals surface area contributed by atoms with Crippen molar-refractivity contribution in [2.45, 2.75) is 26.3 Å². The molecule has 2 aromatic rings. The van der Waals surface area contributed by atoms with E-state index >= 15 is 0 Å². The van der Waals surface area contributed by atoms with Crippen LogP contribution in [-0.2, 0) is 6.42 Å². The van der Waals surface area contributed by atoms with E-state index < -0.39 is 0 Å². The minimum atomic E-state index is -0.0533. The fraction of sp³-hybridized carbons (Fsp3) is 0.312. The molecule has 2 rings (SSSR count). The first-order chi connectivity index (χ1) is 9.58. The summed E-state index contributed by atoms with van der Waals surface area (Å²) in [6, 6.07) is 11.0. The van der Waals surface area contributed by atoms with Crippen LogP contribution in [0.25, 0.3) is 0 Å². The van der Waals surface area contributed by atoms with Crippen molar-refractivity contribution in [2.75, 3.05) is 6.54 Å². The van der Waals surface area contributed by atoms with Crippen molar-refractivity contribution in [2.24, 2.45) is 0 Å². The van der Waals surface area contributed by atoms with Crippen molar-refractivity contribution in [1.29, 1.82) is 0 Å². The molecule has 0 fully saturated rings. The number of amides is 1. The molecular weight excluding hydrogens is 252 g/mol. The molecule has 0 saturated carbocycles. The normalized spacial score (nSPS) is 10.8. The second-order valence-electron chi connectivity index (χ2n) is 5.07. The third-order valence-electron chi connectivity index (χ3n) is 3.20. The van der Waals surface area contributed by atoms with Crippen molar-refractivity contribution < 1.29 is 9.90 Å². The van der Waals surface area contributed by atoms with Crippen LogP contribution >= 0.6 is 0 Å². The third kappa shape index (κ3) is 3.41. The minimum absolute atomic E-state index is 0.0533. The first-order valence-corrected chi connectivity index (χ1v) is 6.81. The van der Waals surface area contributed by atoms with Gasteiger partial charge in [0, 0.05) is 18.8 Å². The van der Waals surface area contributed by atoms with E-state index in [0.717, 1.165) is 12.0 Å². The number of carbonyl (C=O) groups is 1. The van der Waals surface area contributed by atoms with Crippen LogP contribution < -0.4 is 5.32 Å². The van der Waals surface area contributed by atoms with E-state index in [1.165, 1.54) is 0 Å². The van der Waals surface area contributed by atoms with Crippen molar-refractivity contribution in [3.63, 3.8) is 0 Å². The number of aromatic nitrogens is 1. The Balaban J connectivity index is 1.89. The summed E-state index contributed by atoms with van der Waals surface area (Å²) in [5.74, 6) is 0.204. The highest BCUT2D eigenvalue weighted by Gasteiger charge is 2.11. The number of hydrogen-bond donors (Lipinski definition) is 2. The summed E-state index contributed by atoms with van der Waals surface area (Å²) in [5.41, 5.74) is 1.77. The lowest BCUT2D eigenvalue weighted by atomic mass is 10.1. The van der Waals surface area contributed by atoms with E-state index in [2.05, 4.69) is 5.32 Å². The summed E-state index contributed by atoms with van der Waals surface area (Å²) in [4.78, 5) is 12.1. The summed E-state index contributed by atoms with van der Waals surface area (Å²) in [6.45, 7) is 4.67. The molecule has 0 aliphatic carbocycles. The molecule has 1 aromatic heterocycles. The predicted molar refractivity (Wildman–Crippen MR) is 79.0 cm³/mol. The van der Waals surface area contributed by atoms with Crippen LogP contribution in [0.4, 0.5) is 0 Å². The average molecular weight is 272 g/mol. The van der Waals surface area contributed by atoms with Gasteiger partial charge in [0.2, 0.25) is 0 Å². The highest BCUT2D eigenvalue weighted by molar-refractivity contribution is 5.92. The molecule has 0 bridgehead atoms. The maximum absolute atomic E-state index is 12.1. The van der Waals surface area contributed by atoms with Crippen LogP contribution in [0, 0.1) is 0 Å². The minimum Gasteiger partial charge on any atom is -0.508 e.